The quantitative estimate of drug-likeness (QED) is 0.732. The molecule has 2 aliphatic rings. The molecule has 0 N–H and O–H groups in total. The fraction of sp³-hybridized carbons (Fsp3) is 0.636. The van der Waals surface area contributed by atoms with E-state index >= 15 is 0 Å². The number of methoxy groups -OCH3 is 1. The molecule has 1 aromatic heterocycles. The molecule has 2 heterocycles. The van der Waals surface area contributed by atoms with Gasteiger partial charge in [-0.25, -0.2) is 4.79 Å². The van der Waals surface area contributed by atoms with Crippen LogP contribution in [0.2, 0.25) is 0 Å². The average molecular weight is 405 g/mol. The molecule has 1 saturated heterocycles. The summed E-state index contributed by atoms with van der Waals surface area (Å²) >= 11 is 0. The number of benzene rings is 1. The Morgan fingerprint density at radius 2 is 1.69 bits per heavy atom. The highest BCUT2D eigenvalue weighted by molar-refractivity contribution is 5.77. The van der Waals surface area contributed by atoms with Crippen LogP contribution in [0.5, 0.6) is 5.75 Å². The number of hydrogen-bond acceptors (Lipinski definition) is 5. The molecule has 1 aliphatic heterocycles. The summed E-state index contributed by atoms with van der Waals surface area (Å²) in [7, 11) is 5.01. The van der Waals surface area contributed by atoms with Gasteiger partial charge in [0.25, 0.3) is 0 Å². The monoisotopic (exact) mass is 404 g/mol. The first-order valence-corrected chi connectivity index (χ1v) is 10.5. The zero-order chi connectivity index (χ0) is 20.8. The van der Waals surface area contributed by atoms with E-state index in [1.165, 1.54) is 26.4 Å². The van der Waals surface area contributed by atoms with E-state index in [2.05, 4.69) is 4.74 Å². The van der Waals surface area contributed by atoms with E-state index in [0.29, 0.717) is 0 Å². The lowest BCUT2D eigenvalue weighted by atomic mass is 9.89. The Labute approximate surface area is 171 Å². The highest BCUT2D eigenvalue weighted by Crippen LogP contribution is 2.24. The van der Waals surface area contributed by atoms with Gasteiger partial charge < -0.3 is 14.2 Å². The van der Waals surface area contributed by atoms with E-state index in [0.717, 1.165) is 55.5 Å². The van der Waals surface area contributed by atoms with Crippen LogP contribution in [-0.4, -0.2) is 35.1 Å². The second kappa shape index (κ2) is 9.96. The van der Waals surface area contributed by atoms with Crippen molar-refractivity contribution in [1.29, 1.82) is 0 Å². The van der Waals surface area contributed by atoms with Gasteiger partial charge in [0, 0.05) is 26.6 Å². The third-order valence-corrected chi connectivity index (χ3v) is 5.79. The van der Waals surface area contributed by atoms with Crippen molar-refractivity contribution in [3.8, 4) is 5.75 Å². The van der Waals surface area contributed by atoms with Gasteiger partial charge in [0.15, 0.2) is 6.29 Å². The van der Waals surface area contributed by atoms with Crippen LogP contribution in [0.4, 0.5) is 0 Å². The highest BCUT2D eigenvalue weighted by atomic mass is 16.7. The lowest BCUT2D eigenvalue weighted by Gasteiger charge is -2.23. The molecule has 160 valence electrons. The van der Waals surface area contributed by atoms with Gasteiger partial charge in [0.05, 0.1) is 30.7 Å². The van der Waals surface area contributed by atoms with Crippen molar-refractivity contribution in [2.24, 2.45) is 20.0 Å². The summed E-state index contributed by atoms with van der Waals surface area (Å²) in [6, 6.07) is 5.70. The van der Waals surface area contributed by atoms with E-state index in [1.807, 2.05) is 18.2 Å². The Hall–Kier alpha value is -2.28. The van der Waals surface area contributed by atoms with Gasteiger partial charge in [-0.15, -0.1) is 0 Å². The molecule has 29 heavy (non-hydrogen) atoms. The van der Waals surface area contributed by atoms with Crippen molar-refractivity contribution >= 4 is 17.0 Å². The molecule has 2 fully saturated rings. The number of imidazole rings is 1. The molecule has 1 aromatic carbocycles. The number of esters is 1. The molecule has 2 aromatic rings. The van der Waals surface area contributed by atoms with Gasteiger partial charge >= 0.3 is 11.7 Å². The minimum absolute atomic E-state index is 0.0142. The molecule has 7 nitrogen and oxygen atoms in total. The van der Waals surface area contributed by atoms with Crippen molar-refractivity contribution in [2.45, 2.75) is 57.7 Å². The number of aromatic nitrogens is 2. The second-order valence-corrected chi connectivity index (χ2v) is 7.82. The lowest BCUT2D eigenvalue weighted by molar-refractivity contribution is -0.146. The summed E-state index contributed by atoms with van der Waals surface area (Å²) in [5, 5.41) is 0. The number of hydrogen-bond donors (Lipinski definition) is 0. The molecular formula is C22H32N2O5. The number of nitrogens with zero attached hydrogens (tertiary/aromatic N) is 2. The largest absolute Gasteiger partial charge is 0.469 e. The second-order valence-electron chi connectivity index (χ2n) is 7.82. The number of aryl methyl sites for hydroxylation is 2. The number of fused-ring (bicyclic) bond motifs is 1. The van der Waals surface area contributed by atoms with Crippen LogP contribution in [0.15, 0.2) is 23.0 Å². The topological polar surface area (TPSA) is 71.7 Å². The molecule has 1 unspecified atom stereocenters. The lowest BCUT2D eigenvalue weighted by Crippen LogP contribution is -2.24. The summed E-state index contributed by atoms with van der Waals surface area (Å²) in [5.74, 6) is 0.944. The molecule has 1 saturated carbocycles. The minimum Gasteiger partial charge on any atom is -0.469 e. The minimum atomic E-state index is -0.160. The number of ether oxygens (including phenoxy) is 3. The van der Waals surface area contributed by atoms with Crippen LogP contribution in [0.25, 0.3) is 11.0 Å². The molecule has 7 heteroatoms. The zero-order valence-electron chi connectivity index (χ0n) is 17.7. The molecule has 4 rings (SSSR count). The Morgan fingerprint density at radius 3 is 2.34 bits per heavy atom. The van der Waals surface area contributed by atoms with E-state index in [4.69, 9.17) is 9.47 Å². The van der Waals surface area contributed by atoms with Gasteiger partial charge in [-0.1, -0.05) is 19.3 Å². The van der Waals surface area contributed by atoms with E-state index in [1.54, 1.807) is 23.2 Å². The van der Waals surface area contributed by atoms with Crippen molar-refractivity contribution < 1.29 is 19.0 Å². The van der Waals surface area contributed by atoms with Crippen LogP contribution in [0, 0.1) is 5.92 Å². The van der Waals surface area contributed by atoms with Crippen LogP contribution in [0.1, 0.15) is 51.4 Å². The summed E-state index contributed by atoms with van der Waals surface area (Å²) in [4.78, 5) is 22.8. The van der Waals surface area contributed by atoms with Gasteiger partial charge in [0.1, 0.15) is 5.75 Å². The molecule has 0 bridgehead atoms. The smallest absolute Gasteiger partial charge is 0.328 e. The Bertz CT molecular complexity index is 873. The Balaban J connectivity index is 0.000000204. The SMILES string of the molecule is COC(=O)C1CCCCC1.Cn1c(=O)n(C)c2cc(OC3CCCCO3)ccc21. The first-order valence-electron chi connectivity index (χ1n) is 10.5. The molecule has 0 spiro atoms. The first-order chi connectivity index (χ1) is 14.0. The normalized spacial score (nSPS) is 20.0. The first kappa shape index (κ1) is 21.4. The number of carbonyl (C=O) groups is 1. The summed E-state index contributed by atoms with van der Waals surface area (Å²) < 4.78 is 19.3. The highest BCUT2D eigenvalue weighted by Gasteiger charge is 2.21. The predicted octanol–water partition coefficient (Wildman–Crippen LogP) is 3.52. The van der Waals surface area contributed by atoms with Crippen LogP contribution in [0.3, 0.4) is 0 Å². The standard InChI is InChI=1S/C14H18N2O3.C8H14O2/c1-15-11-7-6-10(9-12(11)16(2)14(15)17)19-13-5-3-4-8-18-13;1-10-8(9)7-5-3-2-4-6-7/h6-7,9,13H,3-5,8H2,1-2H3;7H,2-6H2,1H3. The maximum Gasteiger partial charge on any atom is 0.328 e. The zero-order valence-corrected chi connectivity index (χ0v) is 17.7. The van der Waals surface area contributed by atoms with Gasteiger partial charge in [-0.3, -0.25) is 13.9 Å². The van der Waals surface area contributed by atoms with E-state index in [9.17, 15) is 9.59 Å². The maximum atomic E-state index is 11.8. The summed E-state index contributed by atoms with van der Waals surface area (Å²) in [6.07, 6.45) is 8.74. The number of carbonyl (C=O) groups excluding carboxylic acids is 1. The Morgan fingerprint density at radius 1 is 1.00 bits per heavy atom. The van der Waals surface area contributed by atoms with Gasteiger partial charge in [-0.05, 0) is 37.8 Å². The fourth-order valence-electron chi connectivity index (χ4n) is 4.02. The summed E-state index contributed by atoms with van der Waals surface area (Å²) in [5.41, 5.74) is 1.76. The van der Waals surface area contributed by atoms with Crippen molar-refractivity contribution in [1.82, 2.24) is 9.13 Å². The molecule has 0 amide bonds. The molecular weight excluding hydrogens is 372 g/mol. The Kier molecular flexibility index (Phi) is 7.36. The van der Waals surface area contributed by atoms with Crippen LogP contribution in [-0.2, 0) is 28.4 Å². The van der Waals surface area contributed by atoms with Crippen LogP contribution >= 0.6 is 0 Å². The third kappa shape index (κ3) is 5.21. The molecule has 1 atom stereocenters. The van der Waals surface area contributed by atoms with Crippen molar-refractivity contribution in [3.05, 3.63) is 28.7 Å². The molecule has 0 radical (unpaired) electrons. The predicted molar refractivity (Wildman–Crippen MR) is 111 cm³/mol. The number of rotatable bonds is 3. The average Bonchev–Trinajstić information content (AvgIpc) is 2.99. The molecule has 1 aliphatic carbocycles. The third-order valence-electron chi connectivity index (χ3n) is 5.79. The van der Waals surface area contributed by atoms with Crippen molar-refractivity contribution in [3.63, 3.8) is 0 Å². The van der Waals surface area contributed by atoms with Crippen molar-refractivity contribution in [2.75, 3.05) is 13.7 Å². The fourth-order valence-corrected chi connectivity index (χ4v) is 4.02. The van der Waals surface area contributed by atoms with Crippen LogP contribution < -0.4 is 10.4 Å². The maximum absolute atomic E-state index is 11.8. The summed E-state index contributed by atoms with van der Waals surface area (Å²) in [6.45, 7) is 0.761. The van der Waals surface area contributed by atoms with E-state index < -0.39 is 0 Å². The van der Waals surface area contributed by atoms with Gasteiger partial charge in [-0.2, -0.15) is 0 Å². The van der Waals surface area contributed by atoms with Gasteiger partial charge in [0.2, 0.25) is 0 Å². The van der Waals surface area contributed by atoms with E-state index in [-0.39, 0.29) is 23.9 Å².